The van der Waals surface area contributed by atoms with Gasteiger partial charge >= 0.3 is 0 Å². The molecule has 31 heavy (non-hydrogen) atoms. The van der Waals surface area contributed by atoms with Crippen molar-refractivity contribution in [2.45, 2.75) is 88.6 Å². The Morgan fingerprint density at radius 1 is 1.13 bits per heavy atom. The molecule has 2 spiro atoms. The summed E-state index contributed by atoms with van der Waals surface area (Å²) in [4.78, 5) is 0. The first-order valence-electron chi connectivity index (χ1n) is 12.0. The Labute approximate surface area is 185 Å². The second-order valence-electron chi connectivity index (χ2n) is 12.0. The minimum Gasteiger partial charge on any atom is -0.493 e. The Bertz CT molecular complexity index is 951. The van der Waals surface area contributed by atoms with E-state index < -0.39 is 11.2 Å². The van der Waals surface area contributed by atoms with Gasteiger partial charge in [-0.05, 0) is 62.6 Å². The minimum absolute atomic E-state index is 0.00105. The molecule has 4 aliphatic carbocycles. The lowest BCUT2D eigenvalue weighted by atomic mass is 9.33. The summed E-state index contributed by atoms with van der Waals surface area (Å²) >= 11 is 0. The second-order valence-corrected chi connectivity index (χ2v) is 12.0. The number of aliphatic hydroxyl groups is 1. The van der Waals surface area contributed by atoms with Gasteiger partial charge in [0.1, 0.15) is 11.7 Å². The highest BCUT2D eigenvalue weighted by atomic mass is 16.6. The number of rotatable bonds is 3. The molecule has 2 N–H and O–H groups in total. The van der Waals surface area contributed by atoms with Crippen molar-refractivity contribution in [3.05, 3.63) is 23.3 Å². The predicted molar refractivity (Wildman–Crippen MR) is 119 cm³/mol. The molecule has 0 amide bonds. The van der Waals surface area contributed by atoms with Crippen molar-refractivity contribution in [1.29, 1.82) is 0 Å². The molecular weight excluding hydrogens is 390 g/mol. The van der Waals surface area contributed by atoms with Gasteiger partial charge in [0.15, 0.2) is 11.5 Å². The molecular formula is C26H37NO4. The van der Waals surface area contributed by atoms with Gasteiger partial charge in [0, 0.05) is 35.5 Å². The highest BCUT2D eigenvalue weighted by molar-refractivity contribution is 5.63. The molecule has 0 aromatic heterocycles. The Morgan fingerprint density at radius 2 is 1.90 bits per heavy atom. The standard InChI is InChI=1S/C26H37NO4/c1-22(2,3)23(4,28)17-14-24-9-10-26(17,30-6)21-25(24)11-12-27-18(24)13-15-7-8-16(29-5)20(31-21)19(15)25/h7-8,17-18,21,27-28H,9-14H2,1-6H3/t17?,18-,21-,23?,24-,25+,26-/m1/s1. The molecule has 5 nitrogen and oxygen atoms in total. The molecule has 1 aromatic carbocycles. The van der Waals surface area contributed by atoms with E-state index in [-0.39, 0.29) is 28.3 Å². The van der Waals surface area contributed by atoms with Crippen molar-refractivity contribution in [2.75, 3.05) is 20.8 Å². The lowest BCUT2D eigenvalue weighted by Crippen LogP contribution is -2.83. The summed E-state index contributed by atoms with van der Waals surface area (Å²) in [5, 5.41) is 15.9. The number of nitrogens with one attached hydrogen (secondary N) is 1. The monoisotopic (exact) mass is 427 g/mol. The van der Waals surface area contributed by atoms with Gasteiger partial charge in [-0.2, -0.15) is 0 Å². The number of benzene rings is 1. The fraction of sp³-hybridized carbons (Fsp3) is 0.769. The van der Waals surface area contributed by atoms with Crippen molar-refractivity contribution in [1.82, 2.24) is 5.32 Å². The van der Waals surface area contributed by atoms with E-state index in [0.29, 0.717) is 6.04 Å². The summed E-state index contributed by atoms with van der Waals surface area (Å²) in [5.74, 6) is 1.77. The molecule has 1 saturated heterocycles. The van der Waals surface area contributed by atoms with Gasteiger partial charge in [-0.15, -0.1) is 0 Å². The molecule has 2 heterocycles. The number of hydrogen-bond acceptors (Lipinski definition) is 5. The smallest absolute Gasteiger partial charge is 0.165 e. The van der Waals surface area contributed by atoms with Gasteiger partial charge in [0.25, 0.3) is 0 Å². The van der Waals surface area contributed by atoms with Crippen LogP contribution in [0, 0.1) is 16.7 Å². The van der Waals surface area contributed by atoms with Gasteiger partial charge in [-0.25, -0.2) is 0 Å². The number of fused-ring (bicyclic) bond motifs is 2. The molecule has 7 rings (SSSR count). The molecule has 0 radical (unpaired) electrons. The molecule has 7 atom stereocenters. The van der Waals surface area contributed by atoms with E-state index in [1.165, 1.54) is 11.1 Å². The van der Waals surface area contributed by atoms with Crippen molar-refractivity contribution < 1.29 is 19.3 Å². The maximum absolute atomic E-state index is 12.0. The van der Waals surface area contributed by atoms with Crippen molar-refractivity contribution >= 4 is 0 Å². The summed E-state index contributed by atoms with van der Waals surface area (Å²) in [5.41, 5.74) is 1.13. The second kappa shape index (κ2) is 5.78. The number of piperidine rings is 1. The van der Waals surface area contributed by atoms with Crippen LogP contribution in [0.15, 0.2) is 12.1 Å². The van der Waals surface area contributed by atoms with Crippen LogP contribution in [0.25, 0.3) is 0 Å². The van der Waals surface area contributed by atoms with Crippen LogP contribution in [0.4, 0.5) is 0 Å². The van der Waals surface area contributed by atoms with E-state index in [9.17, 15) is 5.11 Å². The summed E-state index contributed by atoms with van der Waals surface area (Å²) in [7, 11) is 3.57. The van der Waals surface area contributed by atoms with E-state index in [4.69, 9.17) is 14.2 Å². The molecule has 1 aromatic rings. The fourth-order valence-electron chi connectivity index (χ4n) is 8.68. The van der Waals surface area contributed by atoms with Crippen LogP contribution in [0.5, 0.6) is 11.5 Å². The Kier molecular flexibility index (Phi) is 3.79. The zero-order valence-electron chi connectivity index (χ0n) is 19.8. The van der Waals surface area contributed by atoms with Gasteiger partial charge in [0.05, 0.1) is 12.7 Å². The maximum atomic E-state index is 12.0. The molecule has 2 aliphatic heterocycles. The third-order valence-corrected chi connectivity index (χ3v) is 10.6. The first kappa shape index (κ1) is 20.3. The third kappa shape index (κ3) is 1.98. The maximum Gasteiger partial charge on any atom is 0.165 e. The topological polar surface area (TPSA) is 60.0 Å². The van der Waals surface area contributed by atoms with Crippen molar-refractivity contribution in [3.8, 4) is 11.5 Å². The van der Waals surface area contributed by atoms with Gasteiger partial charge in [-0.3, -0.25) is 0 Å². The van der Waals surface area contributed by atoms with Gasteiger partial charge in [-0.1, -0.05) is 26.8 Å². The van der Waals surface area contributed by atoms with Crippen LogP contribution >= 0.6 is 0 Å². The molecule has 4 bridgehead atoms. The SMILES string of the molecule is COc1ccc2c3c1O[C@@H]1[C@]34CCN[C@H](C2)[C@]42CC[C@@]1(OC)C(C(C)(O)C(C)(C)C)C2. The van der Waals surface area contributed by atoms with Gasteiger partial charge < -0.3 is 24.6 Å². The van der Waals surface area contributed by atoms with E-state index in [0.717, 1.165) is 50.1 Å². The van der Waals surface area contributed by atoms with E-state index in [1.54, 1.807) is 7.11 Å². The highest BCUT2D eigenvalue weighted by Gasteiger charge is 2.81. The Morgan fingerprint density at radius 3 is 2.58 bits per heavy atom. The van der Waals surface area contributed by atoms with Gasteiger partial charge in [0.2, 0.25) is 0 Å². The summed E-state index contributed by atoms with van der Waals surface area (Å²) in [6.45, 7) is 9.48. The van der Waals surface area contributed by atoms with Crippen LogP contribution in [0.2, 0.25) is 0 Å². The Balaban J connectivity index is 1.64. The van der Waals surface area contributed by atoms with Crippen LogP contribution in [-0.2, 0) is 16.6 Å². The van der Waals surface area contributed by atoms with Crippen LogP contribution in [0.1, 0.15) is 64.5 Å². The predicted octanol–water partition coefficient (Wildman–Crippen LogP) is 3.59. The summed E-state index contributed by atoms with van der Waals surface area (Å²) in [6.07, 6.45) is 4.99. The number of ether oxygens (including phenoxy) is 3. The largest absolute Gasteiger partial charge is 0.493 e. The molecule has 4 fully saturated rings. The Hall–Kier alpha value is -1.30. The molecule has 6 aliphatic rings. The minimum atomic E-state index is -0.880. The first-order chi connectivity index (χ1) is 14.6. The van der Waals surface area contributed by atoms with Crippen molar-refractivity contribution in [3.63, 3.8) is 0 Å². The molecule has 5 heteroatoms. The quantitative estimate of drug-likeness (QED) is 0.772. The number of hydrogen-bond donors (Lipinski definition) is 2. The van der Waals surface area contributed by atoms with E-state index in [1.807, 2.05) is 14.0 Å². The summed E-state index contributed by atoms with van der Waals surface area (Å²) < 4.78 is 19.3. The zero-order valence-corrected chi connectivity index (χ0v) is 19.8. The lowest BCUT2D eigenvalue weighted by Gasteiger charge is -2.74. The first-order valence-corrected chi connectivity index (χ1v) is 12.0. The van der Waals surface area contributed by atoms with Crippen LogP contribution in [-0.4, -0.2) is 49.2 Å². The van der Waals surface area contributed by atoms with Crippen molar-refractivity contribution in [2.24, 2.45) is 16.7 Å². The molecule has 3 saturated carbocycles. The fourth-order valence-corrected chi connectivity index (χ4v) is 8.68. The average Bonchev–Trinajstić information content (AvgIpc) is 3.09. The highest BCUT2D eigenvalue weighted by Crippen LogP contribution is 2.77. The van der Waals surface area contributed by atoms with E-state index >= 15 is 0 Å². The molecule has 2 unspecified atom stereocenters. The van der Waals surface area contributed by atoms with E-state index in [2.05, 4.69) is 38.2 Å². The lowest BCUT2D eigenvalue weighted by molar-refractivity contribution is -0.303. The average molecular weight is 428 g/mol. The zero-order chi connectivity index (χ0) is 22.0. The normalized spacial score (nSPS) is 43.8. The number of methoxy groups -OCH3 is 2. The molecule has 170 valence electrons. The van der Waals surface area contributed by atoms with Crippen LogP contribution < -0.4 is 14.8 Å². The van der Waals surface area contributed by atoms with Crippen LogP contribution in [0.3, 0.4) is 0 Å². The third-order valence-electron chi connectivity index (χ3n) is 10.6. The summed E-state index contributed by atoms with van der Waals surface area (Å²) in [6, 6.07) is 4.73.